The third-order valence-electron chi connectivity index (χ3n) is 4.18. The number of carbonyl (C=O) groups is 1. The van der Waals surface area contributed by atoms with Crippen molar-refractivity contribution in [3.8, 4) is 11.8 Å². The molecular weight excluding hydrogens is 362 g/mol. The second-order valence-electron chi connectivity index (χ2n) is 5.82. The molecule has 0 bridgehead atoms. The molecule has 1 saturated carbocycles. The highest BCUT2D eigenvalue weighted by atomic mass is 79.9. The number of rotatable bonds is 4. The van der Waals surface area contributed by atoms with Crippen LogP contribution < -0.4 is 14.8 Å². The molecule has 2 N–H and O–H groups in total. The van der Waals surface area contributed by atoms with Gasteiger partial charge in [-0.05, 0) is 40.8 Å². The van der Waals surface area contributed by atoms with Crippen molar-refractivity contribution < 1.29 is 14.3 Å². The molecule has 0 spiro atoms. The van der Waals surface area contributed by atoms with E-state index in [1.54, 1.807) is 13.2 Å². The lowest BCUT2D eigenvalue weighted by atomic mass is 9.89. The highest BCUT2D eigenvalue weighted by Crippen LogP contribution is 2.30. The van der Waals surface area contributed by atoms with Crippen molar-refractivity contribution in [2.75, 3.05) is 13.7 Å². The third-order valence-corrected chi connectivity index (χ3v) is 4.80. The van der Waals surface area contributed by atoms with Crippen LogP contribution in [0.5, 0.6) is 11.8 Å². The minimum atomic E-state index is -0.472. The van der Waals surface area contributed by atoms with Crippen molar-refractivity contribution in [1.29, 1.82) is 0 Å². The number of carbonyl (C=O) groups excluding carboxylic acids is 1. The van der Waals surface area contributed by atoms with Gasteiger partial charge in [-0.2, -0.15) is 4.98 Å². The number of nitrogens with zero attached hydrogens (tertiary/aromatic N) is 1. The summed E-state index contributed by atoms with van der Waals surface area (Å²) in [7, 11) is 1.59. The fourth-order valence-corrected chi connectivity index (χ4v) is 3.44. The molecule has 2 aromatic rings. The number of amides is 1. The number of hydrogen-bond donors (Lipinski definition) is 2. The molecule has 1 aromatic heterocycles. The maximum Gasteiger partial charge on any atom is 0.415 e. The fraction of sp³-hybridized carbons (Fsp3) is 0.500. The quantitative estimate of drug-likeness (QED) is 0.838. The molecule has 0 unspecified atom stereocenters. The summed E-state index contributed by atoms with van der Waals surface area (Å²) >= 11 is 3.41. The predicted molar refractivity (Wildman–Crippen MR) is 90.9 cm³/mol. The van der Waals surface area contributed by atoms with Crippen LogP contribution in [0.25, 0.3) is 11.0 Å². The van der Waals surface area contributed by atoms with Gasteiger partial charge in [-0.1, -0.05) is 19.3 Å². The molecule has 0 atom stereocenters. The van der Waals surface area contributed by atoms with Crippen LogP contribution in [0.2, 0.25) is 0 Å². The van der Waals surface area contributed by atoms with Crippen molar-refractivity contribution in [1.82, 2.24) is 15.3 Å². The van der Waals surface area contributed by atoms with Crippen LogP contribution in [-0.4, -0.2) is 29.7 Å². The van der Waals surface area contributed by atoms with E-state index in [0.29, 0.717) is 23.7 Å². The molecular formula is C16H20BrN3O3. The Balaban J connectivity index is 1.60. The zero-order valence-electron chi connectivity index (χ0n) is 13.0. The van der Waals surface area contributed by atoms with Crippen LogP contribution in [0.3, 0.4) is 0 Å². The number of hydrogen-bond acceptors (Lipinski definition) is 4. The third kappa shape index (κ3) is 3.96. The summed E-state index contributed by atoms with van der Waals surface area (Å²) in [4.78, 5) is 19.1. The zero-order valence-corrected chi connectivity index (χ0v) is 14.6. The minimum absolute atomic E-state index is 0.182. The monoisotopic (exact) mass is 381 g/mol. The van der Waals surface area contributed by atoms with E-state index in [1.807, 2.05) is 6.07 Å². The van der Waals surface area contributed by atoms with Crippen molar-refractivity contribution in [2.45, 2.75) is 32.1 Å². The number of ether oxygens (including phenoxy) is 2. The molecule has 0 aliphatic heterocycles. The standard InChI is InChI=1S/C16H20BrN3O3/c1-22-14-8-13-12(7-11(14)17)19-15(20-13)23-16(21)18-9-10-5-3-2-4-6-10/h7-8,10H,2-6,9H2,1H3,(H,18,21)(H,19,20). The number of fused-ring (bicyclic) bond motifs is 1. The number of aromatic nitrogens is 2. The average molecular weight is 382 g/mol. The van der Waals surface area contributed by atoms with E-state index >= 15 is 0 Å². The van der Waals surface area contributed by atoms with Gasteiger partial charge in [0.1, 0.15) is 5.75 Å². The molecule has 3 rings (SSSR count). The Labute approximate surface area is 143 Å². The van der Waals surface area contributed by atoms with E-state index < -0.39 is 6.09 Å². The van der Waals surface area contributed by atoms with Crippen molar-refractivity contribution in [3.05, 3.63) is 16.6 Å². The maximum absolute atomic E-state index is 11.9. The van der Waals surface area contributed by atoms with Crippen LogP contribution >= 0.6 is 15.9 Å². The summed E-state index contributed by atoms with van der Waals surface area (Å²) in [5, 5.41) is 2.82. The zero-order chi connectivity index (χ0) is 16.2. The van der Waals surface area contributed by atoms with Crippen LogP contribution in [0.15, 0.2) is 16.6 Å². The predicted octanol–water partition coefficient (Wildman–Crippen LogP) is 4.00. The molecule has 1 aliphatic carbocycles. The summed E-state index contributed by atoms with van der Waals surface area (Å²) in [5.41, 5.74) is 1.45. The normalized spacial score (nSPS) is 15.6. The van der Waals surface area contributed by atoms with Gasteiger partial charge >= 0.3 is 12.1 Å². The molecule has 124 valence electrons. The Kier molecular flexibility index (Phi) is 5.05. The first-order valence-electron chi connectivity index (χ1n) is 7.84. The number of benzene rings is 1. The van der Waals surface area contributed by atoms with Crippen LogP contribution in [0.4, 0.5) is 4.79 Å². The largest absolute Gasteiger partial charge is 0.495 e. The number of halogens is 1. The number of methoxy groups -OCH3 is 1. The van der Waals surface area contributed by atoms with E-state index in [-0.39, 0.29) is 6.01 Å². The van der Waals surface area contributed by atoms with Gasteiger partial charge in [0.05, 0.1) is 22.6 Å². The summed E-state index contributed by atoms with van der Waals surface area (Å²) in [6.45, 7) is 0.665. The van der Waals surface area contributed by atoms with Gasteiger partial charge in [0, 0.05) is 12.6 Å². The number of H-pyrrole nitrogens is 1. The van der Waals surface area contributed by atoms with Gasteiger partial charge in [-0.3, -0.25) is 0 Å². The van der Waals surface area contributed by atoms with Gasteiger partial charge in [-0.15, -0.1) is 0 Å². The Morgan fingerprint density at radius 3 is 2.91 bits per heavy atom. The van der Waals surface area contributed by atoms with E-state index in [2.05, 4.69) is 31.2 Å². The first-order valence-corrected chi connectivity index (χ1v) is 8.64. The fourth-order valence-electron chi connectivity index (χ4n) is 2.94. The summed E-state index contributed by atoms with van der Waals surface area (Å²) < 4.78 is 11.3. The van der Waals surface area contributed by atoms with Crippen LogP contribution in [-0.2, 0) is 0 Å². The summed E-state index contributed by atoms with van der Waals surface area (Å²) in [5.74, 6) is 1.24. The number of aromatic amines is 1. The SMILES string of the molecule is COc1cc2nc(OC(=O)NCC3CCCCC3)[nH]c2cc1Br. The topological polar surface area (TPSA) is 76.2 Å². The van der Waals surface area contributed by atoms with Gasteiger partial charge < -0.3 is 19.8 Å². The average Bonchev–Trinajstić information content (AvgIpc) is 2.94. The van der Waals surface area contributed by atoms with Gasteiger partial charge in [-0.25, -0.2) is 4.79 Å². The molecule has 1 aliphatic rings. The van der Waals surface area contributed by atoms with Crippen molar-refractivity contribution >= 4 is 33.1 Å². The molecule has 6 nitrogen and oxygen atoms in total. The van der Waals surface area contributed by atoms with Crippen molar-refractivity contribution in [3.63, 3.8) is 0 Å². The molecule has 1 heterocycles. The number of nitrogens with one attached hydrogen (secondary N) is 2. The molecule has 1 aromatic carbocycles. The second-order valence-corrected chi connectivity index (χ2v) is 6.67. The first-order chi connectivity index (χ1) is 11.2. The van der Waals surface area contributed by atoms with Gasteiger partial charge in [0.25, 0.3) is 0 Å². The van der Waals surface area contributed by atoms with E-state index in [4.69, 9.17) is 9.47 Å². The second kappa shape index (κ2) is 7.21. The van der Waals surface area contributed by atoms with Crippen LogP contribution in [0, 0.1) is 5.92 Å². The number of imidazole rings is 1. The molecule has 7 heteroatoms. The molecule has 0 saturated heterocycles. The van der Waals surface area contributed by atoms with Crippen molar-refractivity contribution in [2.24, 2.45) is 5.92 Å². The Morgan fingerprint density at radius 2 is 2.17 bits per heavy atom. The lowest BCUT2D eigenvalue weighted by Gasteiger charge is -2.21. The maximum atomic E-state index is 11.9. The van der Waals surface area contributed by atoms with E-state index in [9.17, 15) is 4.79 Å². The Hall–Kier alpha value is -1.76. The van der Waals surface area contributed by atoms with Crippen LogP contribution in [0.1, 0.15) is 32.1 Å². The summed E-state index contributed by atoms with van der Waals surface area (Å²) in [6, 6.07) is 3.80. The lowest BCUT2D eigenvalue weighted by Crippen LogP contribution is -2.32. The first kappa shape index (κ1) is 16.1. The Morgan fingerprint density at radius 1 is 1.39 bits per heavy atom. The highest BCUT2D eigenvalue weighted by molar-refractivity contribution is 9.10. The Bertz CT molecular complexity index is 695. The minimum Gasteiger partial charge on any atom is -0.495 e. The smallest absolute Gasteiger partial charge is 0.415 e. The molecule has 1 amide bonds. The van der Waals surface area contributed by atoms with Gasteiger partial charge in [0.15, 0.2) is 0 Å². The van der Waals surface area contributed by atoms with Gasteiger partial charge in [0.2, 0.25) is 0 Å². The summed E-state index contributed by atoms with van der Waals surface area (Å²) in [6.07, 6.45) is 5.69. The molecule has 1 fully saturated rings. The molecule has 0 radical (unpaired) electrons. The highest BCUT2D eigenvalue weighted by Gasteiger charge is 2.16. The van der Waals surface area contributed by atoms with E-state index in [1.165, 1.54) is 32.1 Å². The lowest BCUT2D eigenvalue weighted by molar-refractivity contribution is 0.193. The van der Waals surface area contributed by atoms with E-state index in [0.717, 1.165) is 9.99 Å². The molecule has 23 heavy (non-hydrogen) atoms.